The summed E-state index contributed by atoms with van der Waals surface area (Å²) in [4.78, 5) is 11.7. The van der Waals surface area contributed by atoms with Gasteiger partial charge in [0.15, 0.2) is 8.32 Å². The first kappa shape index (κ1) is 25.4. The van der Waals surface area contributed by atoms with E-state index in [-0.39, 0.29) is 23.2 Å². The summed E-state index contributed by atoms with van der Waals surface area (Å²) < 4.78 is 12.3. The molecule has 1 aromatic carbocycles. The zero-order chi connectivity index (χ0) is 21.9. The predicted molar refractivity (Wildman–Crippen MR) is 126 cm³/mol. The summed E-state index contributed by atoms with van der Waals surface area (Å²) in [6.45, 7) is 18.6. The number of benzene rings is 1. The SMILES string of the molecule is C=CC[C@@H](C[C@@H](CCCCc1ccccc1)O[Si](C)(C)C(C)(C)C)OC(=O)C=C. The van der Waals surface area contributed by atoms with Crippen LogP contribution in [0.1, 0.15) is 58.4 Å². The van der Waals surface area contributed by atoms with E-state index >= 15 is 0 Å². The van der Waals surface area contributed by atoms with Gasteiger partial charge in [-0.25, -0.2) is 4.79 Å². The van der Waals surface area contributed by atoms with Gasteiger partial charge in [0.25, 0.3) is 0 Å². The maximum absolute atomic E-state index is 11.7. The molecule has 0 saturated carbocycles. The van der Waals surface area contributed by atoms with Crippen molar-refractivity contribution in [1.82, 2.24) is 0 Å². The van der Waals surface area contributed by atoms with Crippen LogP contribution < -0.4 is 0 Å². The number of rotatable bonds is 13. The van der Waals surface area contributed by atoms with Gasteiger partial charge >= 0.3 is 5.97 Å². The van der Waals surface area contributed by atoms with Crippen molar-refractivity contribution in [1.29, 1.82) is 0 Å². The van der Waals surface area contributed by atoms with Gasteiger partial charge in [-0.15, -0.1) is 6.58 Å². The van der Waals surface area contributed by atoms with E-state index in [1.807, 2.05) is 0 Å². The Morgan fingerprint density at radius 2 is 1.76 bits per heavy atom. The van der Waals surface area contributed by atoms with Crippen molar-refractivity contribution >= 4 is 14.3 Å². The van der Waals surface area contributed by atoms with Crippen molar-refractivity contribution in [2.45, 2.75) is 89.6 Å². The number of carbonyl (C=O) groups is 1. The second-order valence-corrected chi connectivity index (χ2v) is 14.0. The van der Waals surface area contributed by atoms with E-state index in [0.29, 0.717) is 12.8 Å². The molecule has 4 heteroatoms. The molecule has 0 unspecified atom stereocenters. The van der Waals surface area contributed by atoms with E-state index < -0.39 is 8.32 Å². The zero-order valence-electron chi connectivity index (χ0n) is 19.1. The summed E-state index contributed by atoms with van der Waals surface area (Å²) in [7, 11) is -1.92. The molecule has 0 spiro atoms. The average molecular weight is 417 g/mol. The average Bonchev–Trinajstić information content (AvgIpc) is 2.64. The number of unbranched alkanes of at least 4 members (excludes halogenated alkanes) is 1. The fraction of sp³-hybridized carbons (Fsp3) is 0.560. The van der Waals surface area contributed by atoms with Crippen LogP contribution in [0.2, 0.25) is 18.1 Å². The van der Waals surface area contributed by atoms with Crippen molar-refractivity contribution < 1.29 is 14.0 Å². The Morgan fingerprint density at radius 3 is 2.31 bits per heavy atom. The second kappa shape index (κ2) is 12.1. The molecule has 162 valence electrons. The highest BCUT2D eigenvalue weighted by atomic mass is 28.4. The lowest BCUT2D eigenvalue weighted by atomic mass is 10.0. The Kier molecular flexibility index (Phi) is 10.6. The van der Waals surface area contributed by atoms with Crippen LogP contribution in [-0.2, 0) is 20.4 Å². The fourth-order valence-corrected chi connectivity index (χ4v) is 4.45. The highest BCUT2D eigenvalue weighted by Crippen LogP contribution is 2.38. The monoisotopic (exact) mass is 416 g/mol. The summed E-state index contributed by atoms with van der Waals surface area (Å²) in [5.41, 5.74) is 1.37. The third-order valence-electron chi connectivity index (χ3n) is 5.76. The van der Waals surface area contributed by atoms with E-state index in [4.69, 9.17) is 9.16 Å². The van der Waals surface area contributed by atoms with Crippen LogP contribution in [0.15, 0.2) is 55.6 Å². The lowest BCUT2D eigenvalue weighted by molar-refractivity contribution is -0.144. The Hall–Kier alpha value is -1.65. The number of esters is 1. The minimum Gasteiger partial charge on any atom is -0.459 e. The number of ether oxygens (including phenoxy) is 1. The van der Waals surface area contributed by atoms with Gasteiger partial charge in [0.1, 0.15) is 6.10 Å². The smallest absolute Gasteiger partial charge is 0.330 e. The van der Waals surface area contributed by atoms with Crippen molar-refractivity contribution in [3.8, 4) is 0 Å². The highest BCUT2D eigenvalue weighted by Gasteiger charge is 2.39. The van der Waals surface area contributed by atoms with Crippen LogP contribution in [0.4, 0.5) is 0 Å². The summed E-state index contributed by atoms with van der Waals surface area (Å²) in [6.07, 6.45) is 8.47. The Morgan fingerprint density at radius 1 is 1.10 bits per heavy atom. The minimum atomic E-state index is -1.92. The number of hydrogen-bond acceptors (Lipinski definition) is 3. The van der Waals surface area contributed by atoms with Gasteiger partial charge in [-0.3, -0.25) is 0 Å². The Balaban J connectivity index is 2.76. The first-order chi connectivity index (χ1) is 13.6. The zero-order valence-corrected chi connectivity index (χ0v) is 20.1. The van der Waals surface area contributed by atoms with E-state index in [0.717, 1.165) is 25.7 Å². The van der Waals surface area contributed by atoms with E-state index in [1.165, 1.54) is 11.6 Å². The summed E-state index contributed by atoms with van der Waals surface area (Å²) >= 11 is 0. The van der Waals surface area contributed by atoms with Gasteiger partial charge in [0.2, 0.25) is 0 Å². The molecule has 0 saturated heterocycles. The molecule has 0 aliphatic heterocycles. The summed E-state index contributed by atoms with van der Waals surface area (Å²) in [5, 5.41) is 0.140. The third kappa shape index (κ3) is 9.59. The molecule has 1 rings (SSSR count). The minimum absolute atomic E-state index is 0.0780. The van der Waals surface area contributed by atoms with Gasteiger partial charge < -0.3 is 9.16 Å². The van der Waals surface area contributed by atoms with E-state index in [2.05, 4.69) is 77.4 Å². The number of carbonyl (C=O) groups excluding carboxylic acids is 1. The molecular formula is C25H40O3Si. The lowest BCUT2D eigenvalue weighted by Gasteiger charge is -2.40. The fourth-order valence-electron chi connectivity index (χ4n) is 3.05. The van der Waals surface area contributed by atoms with Crippen LogP contribution in [-0.4, -0.2) is 26.5 Å². The van der Waals surface area contributed by atoms with Crippen molar-refractivity contribution in [3.05, 3.63) is 61.2 Å². The molecule has 2 atom stereocenters. The van der Waals surface area contributed by atoms with E-state index in [9.17, 15) is 4.79 Å². The Bertz CT molecular complexity index is 631. The van der Waals surface area contributed by atoms with Gasteiger partial charge in [-0.1, -0.05) is 70.2 Å². The Labute approximate surface area is 179 Å². The summed E-state index contributed by atoms with van der Waals surface area (Å²) in [6, 6.07) is 10.6. The first-order valence-corrected chi connectivity index (χ1v) is 13.7. The number of aryl methyl sites for hydroxylation is 1. The van der Waals surface area contributed by atoms with Gasteiger partial charge in [0.05, 0.1) is 0 Å². The van der Waals surface area contributed by atoms with Gasteiger partial charge in [-0.05, 0) is 43.0 Å². The molecule has 0 radical (unpaired) electrons. The molecule has 1 aromatic rings. The first-order valence-electron chi connectivity index (χ1n) is 10.7. The maximum atomic E-state index is 11.7. The van der Waals surface area contributed by atoms with E-state index in [1.54, 1.807) is 6.08 Å². The molecule has 0 amide bonds. The van der Waals surface area contributed by atoms with Crippen LogP contribution in [0, 0.1) is 0 Å². The quantitative estimate of drug-likeness (QED) is 0.116. The van der Waals surface area contributed by atoms with Crippen molar-refractivity contribution in [2.75, 3.05) is 0 Å². The molecule has 29 heavy (non-hydrogen) atoms. The molecule has 3 nitrogen and oxygen atoms in total. The molecule has 0 aromatic heterocycles. The molecule has 0 aliphatic carbocycles. The second-order valence-electron chi connectivity index (χ2n) is 9.25. The van der Waals surface area contributed by atoms with Crippen LogP contribution in [0.25, 0.3) is 0 Å². The van der Waals surface area contributed by atoms with Crippen LogP contribution in [0.5, 0.6) is 0 Å². The molecule has 0 N–H and O–H groups in total. The van der Waals surface area contributed by atoms with Crippen molar-refractivity contribution in [3.63, 3.8) is 0 Å². The predicted octanol–water partition coefficient (Wildman–Crippen LogP) is 6.85. The lowest BCUT2D eigenvalue weighted by Crippen LogP contribution is -2.44. The standard InChI is InChI=1S/C25H40O3Si/c1-8-15-22(27-24(26)9-2)20-23(28-29(6,7)25(3,4)5)19-14-13-18-21-16-11-10-12-17-21/h8-12,16-17,22-23H,1-2,13-15,18-20H2,3-7H3/t22-,23+/m0/s1. The maximum Gasteiger partial charge on any atom is 0.330 e. The van der Waals surface area contributed by atoms with Gasteiger partial charge in [0, 0.05) is 25.0 Å². The largest absolute Gasteiger partial charge is 0.459 e. The van der Waals surface area contributed by atoms with Crippen LogP contribution >= 0.6 is 0 Å². The summed E-state index contributed by atoms with van der Waals surface area (Å²) in [5.74, 6) is -0.382. The molecule has 0 heterocycles. The molecule has 0 aliphatic rings. The topological polar surface area (TPSA) is 35.5 Å². The third-order valence-corrected chi connectivity index (χ3v) is 10.3. The molecule has 0 fully saturated rings. The molecule has 0 bridgehead atoms. The van der Waals surface area contributed by atoms with Crippen LogP contribution in [0.3, 0.4) is 0 Å². The van der Waals surface area contributed by atoms with Gasteiger partial charge in [-0.2, -0.15) is 0 Å². The normalized spacial score (nSPS) is 14.1. The number of hydrogen-bond donors (Lipinski definition) is 0. The highest BCUT2D eigenvalue weighted by molar-refractivity contribution is 6.74. The van der Waals surface area contributed by atoms with Crippen molar-refractivity contribution in [2.24, 2.45) is 0 Å². The molecular weight excluding hydrogens is 376 g/mol.